The van der Waals surface area contributed by atoms with E-state index in [0.717, 1.165) is 0 Å². The summed E-state index contributed by atoms with van der Waals surface area (Å²) in [7, 11) is 0. The molecule has 2 aliphatic rings. The number of nitrogens with two attached hydrogens (primary N) is 1. The first-order valence-corrected chi connectivity index (χ1v) is 10.9. The number of rotatable bonds is 4. The van der Waals surface area contributed by atoms with Gasteiger partial charge in [0.1, 0.15) is 36.5 Å². The van der Waals surface area contributed by atoms with Gasteiger partial charge in [-0.05, 0) is 6.92 Å². The molecule has 0 aromatic carbocycles. The van der Waals surface area contributed by atoms with E-state index >= 15 is 0 Å². The number of anilines is 1. The molecule has 35 heavy (non-hydrogen) atoms. The average molecular weight is 493 g/mol. The van der Waals surface area contributed by atoms with Crippen LogP contribution < -0.4 is 17.0 Å². The second-order valence-electron chi connectivity index (χ2n) is 8.29. The summed E-state index contributed by atoms with van der Waals surface area (Å²) in [6.07, 6.45) is 1.01. The number of nitrogens with one attached hydrogen (secondary N) is 1. The van der Waals surface area contributed by atoms with Crippen molar-refractivity contribution in [2.24, 2.45) is 0 Å². The molecule has 5 rings (SSSR count). The van der Waals surface area contributed by atoms with Crippen molar-refractivity contribution in [3.8, 4) is 0 Å². The van der Waals surface area contributed by atoms with Crippen molar-refractivity contribution < 1.29 is 29.9 Å². The Kier molecular flexibility index (Phi) is 7.25. The molecule has 0 amide bonds. The lowest BCUT2D eigenvalue weighted by Gasteiger charge is -2.14. The molecule has 0 unspecified atom stereocenters. The molecule has 2 fully saturated rings. The smallest absolute Gasteiger partial charge is 0.330 e. The van der Waals surface area contributed by atoms with Gasteiger partial charge in [-0.3, -0.25) is 18.9 Å². The summed E-state index contributed by atoms with van der Waals surface area (Å²) in [4.78, 5) is 37.0. The monoisotopic (exact) mass is 493 g/mol. The molecule has 0 aliphatic carbocycles. The fourth-order valence-electron chi connectivity index (χ4n) is 3.98. The molecule has 0 saturated carbocycles. The van der Waals surface area contributed by atoms with Gasteiger partial charge >= 0.3 is 5.69 Å². The Morgan fingerprint density at radius 1 is 1.03 bits per heavy atom. The van der Waals surface area contributed by atoms with Crippen molar-refractivity contribution in [1.82, 2.24) is 29.1 Å². The predicted molar refractivity (Wildman–Crippen MR) is 119 cm³/mol. The van der Waals surface area contributed by atoms with Gasteiger partial charge in [-0.1, -0.05) is 0 Å². The zero-order chi connectivity index (χ0) is 25.3. The van der Waals surface area contributed by atoms with Crippen molar-refractivity contribution in [3.63, 3.8) is 0 Å². The molecule has 2 saturated heterocycles. The zero-order valence-corrected chi connectivity index (χ0v) is 18.8. The van der Waals surface area contributed by atoms with Crippen molar-refractivity contribution in [2.75, 3.05) is 18.9 Å². The van der Waals surface area contributed by atoms with Gasteiger partial charge in [-0.15, -0.1) is 0 Å². The first-order valence-electron chi connectivity index (χ1n) is 10.9. The Morgan fingerprint density at radius 3 is 2.20 bits per heavy atom. The minimum Gasteiger partial charge on any atom is -0.394 e. The number of nitrogens with zero attached hydrogens (tertiary/aromatic N) is 5. The minimum atomic E-state index is -0.816. The Bertz CT molecular complexity index is 1290. The number of imidazole rings is 1. The lowest BCUT2D eigenvalue weighted by Crippen LogP contribution is -2.33. The maximum absolute atomic E-state index is 11.6. The van der Waals surface area contributed by atoms with Crippen molar-refractivity contribution >= 4 is 17.0 Å². The van der Waals surface area contributed by atoms with Gasteiger partial charge in [0.2, 0.25) is 0 Å². The molecule has 15 heteroatoms. The number of ether oxygens (including phenoxy) is 2. The molecule has 0 spiro atoms. The lowest BCUT2D eigenvalue weighted by molar-refractivity contribution is -0.0459. The van der Waals surface area contributed by atoms with Crippen molar-refractivity contribution in [3.05, 3.63) is 45.3 Å². The number of nitrogen functional groups attached to an aromatic ring is 1. The van der Waals surface area contributed by atoms with Crippen LogP contribution in [0.1, 0.15) is 30.9 Å². The Hall–Kier alpha value is -3.21. The van der Waals surface area contributed by atoms with Crippen LogP contribution in [0.2, 0.25) is 0 Å². The molecule has 15 nitrogen and oxygen atoms in total. The van der Waals surface area contributed by atoms with Crippen LogP contribution in [0.4, 0.5) is 5.82 Å². The first-order chi connectivity index (χ1) is 16.7. The van der Waals surface area contributed by atoms with Crippen LogP contribution in [0.3, 0.4) is 0 Å². The molecule has 0 bridgehead atoms. The van der Waals surface area contributed by atoms with Gasteiger partial charge in [0.25, 0.3) is 5.56 Å². The predicted octanol–water partition coefficient (Wildman–Crippen LogP) is -2.47. The molecular weight excluding hydrogens is 466 g/mol. The third kappa shape index (κ3) is 4.95. The molecule has 190 valence electrons. The molecule has 3 aromatic rings. The summed E-state index contributed by atoms with van der Waals surface area (Å²) in [6, 6.07) is 0. The summed E-state index contributed by atoms with van der Waals surface area (Å²) in [6.45, 7) is 1.04. The quantitative estimate of drug-likeness (QED) is 0.222. The number of hydrogen-bond acceptors (Lipinski definition) is 12. The molecule has 7 N–H and O–H groups in total. The summed E-state index contributed by atoms with van der Waals surface area (Å²) in [5.41, 5.74) is 6.11. The summed E-state index contributed by atoms with van der Waals surface area (Å²) < 4.78 is 13.8. The van der Waals surface area contributed by atoms with E-state index in [-0.39, 0.29) is 19.6 Å². The molecule has 6 atom stereocenters. The van der Waals surface area contributed by atoms with E-state index in [4.69, 9.17) is 25.4 Å². The number of aliphatic hydroxyl groups excluding tert-OH is 4. The van der Waals surface area contributed by atoms with Gasteiger partial charge in [0, 0.05) is 24.6 Å². The maximum atomic E-state index is 11.6. The number of aryl methyl sites for hydroxylation is 1. The highest BCUT2D eigenvalue weighted by Gasteiger charge is 2.36. The Labute approximate surface area is 197 Å². The van der Waals surface area contributed by atoms with Crippen LogP contribution in [0.15, 0.2) is 28.4 Å². The third-order valence-corrected chi connectivity index (χ3v) is 5.92. The largest absolute Gasteiger partial charge is 0.394 e. The molecule has 2 aliphatic heterocycles. The number of fused-ring (bicyclic) bond motifs is 1. The molecule has 3 aromatic heterocycles. The van der Waals surface area contributed by atoms with Crippen molar-refractivity contribution in [2.45, 2.75) is 56.6 Å². The molecular formula is C20H27N7O8. The second-order valence-corrected chi connectivity index (χ2v) is 8.29. The SMILES string of the molecule is Cc1cn([C@H]2C[C@H](O)[C@@H](CO)O2)c(=O)[nH]c1=O.Nc1ncnc2c1ncn2[C@H]1C[C@H](O)[C@@H](CO)O1. The van der Waals surface area contributed by atoms with Gasteiger partial charge < -0.3 is 35.6 Å². The summed E-state index contributed by atoms with van der Waals surface area (Å²) >= 11 is 0. The highest BCUT2D eigenvalue weighted by Crippen LogP contribution is 2.31. The van der Waals surface area contributed by atoms with E-state index < -0.39 is 48.1 Å². The number of hydrogen-bond donors (Lipinski definition) is 6. The van der Waals surface area contributed by atoms with Crippen LogP contribution >= 0.6 is 0 Å². The first kappa shape index (κ1) is 24.9. The fraction of sp³-hybridized carbons (Fsp3) is 0.550. The van der Waals surface area contributed by atoms with E-state index in [1.807, 2.05) is 0 Å². The van der Waals surface area contributed by atoms with Gasteiger partial charge in [0.15, 0.2) is 11.5 Å². The van der Waals surface area contributed by atoms with Gasteiger partial charge in [0.05, 0.1) is 31.7 Å². The summed E-state index contributed by atoms with van der Waals surface area (Å²) in [5.74, 6) is 0.302. The van der Waals surface area contributed by atoms with E-state index in [1.54, 1.807) is 17.8 Å². The second kappa shape index (κ2) is 10.2. The normalized spacial score (nSPS) is 28.3. The van der Waals surface area contributed by atoms with E-state index in [1.165, 1.54) is 17.1 Å². The van der Waals surface area contributed by atoms with Crippen LogP contribution in [-0.2, 0) is 9.47 Å². The summed E-state index contributed by atoms with van der Waals surface area (Å²) in [5, 5.41) is 37.3. The fourth-order valence-corrected chi connectivity index (χ4v) is 3.98. The van der Waals surface area contributed by atoms with E-state index in [0.29, 0.717) is 29.0 Å². The topological polar surface area (TPSA) is 224 Å². The zero-order valence-electron chi connectivity index (χ0n) is 18.8. The van der Waals surface area contributed by atoms with Crippen LogP contribution in [0.5, 0.6) is 0 Å². The average Bonchev–Trinajstić information content (AvgIpc) is 3.53. The number of aliphatic hydroxyl groups is 4. The lowest BCUT2D eigenvalue weighted by atomic mass is 10.2. The number of H-pyrrole nitrogens is 1. The minimum absolute atomic E-state index is 0.205. The van der Waals surface area contributed by atoms with Crippen LogP contribution in [0, 0.1) is 6.92 Å². The van der Waals surface area contributed by atoms with E-state index in [9.17, 15) is 19.8 Å². The molecule has 0 radical (unpaired) electrons. The standard InChI is InChI=1S/C10H13N5O3.C10H14N2O5/c11-9-8-10(13-3-12-9)15(4-14-8)7-1-5(17)6(2-16)18-7;1-5-3-12(10(16)11-9(5)15)8-2-6(14)7(4-13)17-8/h3-7,16-17H,1-2H2,(H2,11,12,13);3,6-8,13-14H,2,4H2,1H3,(H,11,15,16)/t5-,6+,7+;6-,7+,8+/m00/s1. The molecule has 5 heterocycles. The Morgan fingerprint density at radius 2 is 1.63 bits per heavy atom. The van der Waals surface area contributed by atoms with Crippen molar-refractivity contribution in [1.29, 1.82) is 0 Å². The highest BCUT2D eigenvalue weighted by molar-refractivity contribution is 5.81. The third-order valence-electron chi connectivity index (χ3n) is 5.92. The van der Waals surface area contributed by atoms with E-state index in [2.05, 4.69) is 19.9 Å². The highest BCUT2D eigenvalue weighted by atomic mass is 16.5. The van der Waals surface area contributed by atoms with Crippen LogP contribution in [0.25, 0.3) is 11.2 Å². The Balaban J connectivity index is 0.000000165. The van der Waals surface area contributed by atoms with Crippen LogP contribution in [-0.4, -0.2) is 87.1 Å². The number of aromatic nitrogens is 6. The maximum Gasteiger partial charge on any atom is 0.330 e. The number of aromatic amines is 1. The van der Waals surface area contributed by atoms with Gasteiger partial charge in [-0.2, -0.15) is 0 Å². The van der Waals surface area contributed by atoms with Gasteiger partial charge in [-0.25, -0.2) is 19.7 Å².